The summed E-state index contributed by atoms with van der Waals surface area (Å²) >= 11 is 1.93. The molecule has 6 heteroatoms. The number of carbonyl (C=O) groups is 1. The maximum atomic E-state index is 11.3. The van der Waals surface area contributed by atoms with Crippen LogP contribution in [-0.2, 0) is 9.53 Å². The zero-order chi connectivity index (χ0) is 14.3. The summed E-state index contributed by atoms with van der Waals surface area (Å²) in [6.45, 7) is 2.37. The number of nitrogens with zero attached hydrogens (tertiary/aromatic N) is 1. The molecular weight excluding hydrogens is 262 g/mol. The zero-order valence-electron chi connectivity index (χ0n) is 12.2. The highest BCUT2D eigenvalue weighted by atomic mass is 32.2. The Morgan fingerprint density at radius 3 is 2.79 bits per heavy atom. The van der Waals surface area contributed by atoms with Crippen LogP contribution >= 0.6 is 11.8 Å². The maximum Gasteiger partial charge on any atom is 0.310 e. The molecule has 0 radical (unpaired) electrons. The first-order chi connectivity index (χ1) is 9.10. The summed E-state index contributed by atoms with van der Waals surface area (Å²) < 4.78 is 4.70. The van der Waals surface area contributed by atoms with Crippen molar-refractivity contribution in [1.82, 2.24) is 10.6 Å². The molecule has 0 aromatic rings. The molecule has 1 saturated carbocycles. The van der Waals surface area contributed by atoms with Gasteiger partial charge >= 0.3 is 5.97 Å². The summed E-state index contributed by atoms with van der Waals surface area (Å²) in [6, 6.07) is 0.483. The van der Waals surface area contributed by atoms with Crippen molar-refractivity contribution in [2.45, 2.75) is 37.5 Å². The predicted molar refractivity (Wildman–Crippen MR) is 80.6 cm³/mol. The van der Waals surface area contributed by atoms with Crippen molar-refractivity contribution in [2.24, 2.45) is 10.9 Å². The molecule has 1 rings (SSSR count). The van der Waals surface area contributed by atoms with E-state index < -0.39 is 0 Å². The SMILES string of the molecule is CN=C(NCC(C)C(=O)OC)NC1CCC(SC)C1. The molecule has 0 heterocycles. The zero-order valence-corrected chi connectivity index (χ0v) is 13.0. The van der Waals surface area contributed by atoms with E-state index in [0.29, 0.717) is 12.6 Å². The standard InChI is InChI=1S/C13H25N3O2S/c1-9(12(17)18-3)8-15-13(14-2)16-10-5-6-11(7-10)19-4/h9-11H,5-8H2,1-4H3,(H2,14,15,16). The molecule has 1 aliphatic carbocycles. The molecule has 1 fully saturated rings. The first-order valence-corrected chi connectivity index (χ1v) is 7.97. The number of guanidine groups is 1. The van der Waals surface area contributed by atoms with Crippen molar-refractivity contribution in [2.75, 3.05) is 27.0 Å². The van der Waals surface area contributed by atoms with Crippen molar-refractivity contribution in [1.29, 1.82) is 0 Å². The highest BCUT2D eigenvalue weighted by Gasteiger charge is 2.24. The van der Waals surface area contributed by atoms with Gasteiger partial charge in [-0.3, -0.25) is 9.79 Å². The lowest BCUT2D eigenvalue weighted by Crippen LogP contribution is -2.44. The lowest BCUT2D eigenvalue weighted by Gasteiger charge is -2.18. The summed E-state index contributed by atoms with van der Waals surface area (Å²) in [5.74, 6) is 0.389. The second-order valence-electron chi connectivity index (χ2n) is 4.89. The van der Waals surface area contributed by atoms with E-state index in [9.17, 15) is 4.79 Å². The maximum absolute atomic E-state index is 11.3. The molecule has 0 saturated heterocycles. The molecule has 3 atom stereocenters. The smallest absolute Gasteiger partial charge is 0.310 e. The van der Waals surface area contributed by atoms with Crippen molar-refractivity contribution < 1.29 is 9.53 Å². The van der Waals surface area contributed by atoms with Crippen LogP contribution in [0.5, 0.6) is 0 Å². The van der Waals surface area contributed by atoms with Crippen LogP contribution in [0.1, 0.15) is 26.2 Å². The Morgan fingerprint density at radius 2 is 2.26 bits per heavy atom. The van der Waals surface area contributed by atoms with E-state index in [1.165, 1.54) is 26.4 Å². The Morgan fingerprint density at radius 1 is 1.53 bits per heavy atom. The summed E-state index contributed by atoms with van der Waals surface area (Å²) in [7, 11) is 3.16. The molecule has 19 heavy (non-hydrogen) atoms. The predicted octanol–water partition coefficient (Wildman–Crippen LogP) is 1.24. The fourth-order valence-corrected chi connectivity index (χ4v) is 3.00. The van der Waals surface area contributed by atoms with Crippen LogP contribution in [0.3, 0.4) is 0 Å². The van der Waals surface area contributed by atoms with Gasteiger partial charge in [0.1, 0.15) is 0 Å². The van der Waals surface area contributed by atoms with E-state index in [1.807, 2.05) is 18.7 Å². The van der Waals surface area contributed by atoms with E-state index in [2.05, 4.69) is 21.9 Å². The molecule has 0 spiro atoms. The van der Waals surface area contributed by atoms with Gasteiger partial charge in [0.2, 0.25) is 0 Å². The van der Waals surface area contributed by atoms with Crippen molar-refractivity contribution in [3.05, 3.63) is 0 Å². The van der Waals surface area contributed by atoms with Gasteiger partial charge in [0, 0.05) is 24.9 Å². The number of methoxy groups -OCH3 is 1. The molecule has 0 aliphatic heterocycles. The van der Waals surface area contributed by atoms with Gasteiger partial charge in [0.05, 0.1) is 13.0 Å². The quantitative estimate of drug-likeness (QED) is 0.452. The van der Waals surface area contributed by atoms with Crippen LogP contribution in [0.2, 0.25) is 0 Å². The Hall–Kier alpha value is -0.910. The molecule has 0 aromatic heterocycles. The van der Waals surface area contributed by atoms with Gasteiger partial charge < -0.3 is 15.4 Å². The fraction of sp³-hybridized carbons (Fsp3) is 0.846. The summed E-state index contributed by atoms with van der Waals surface area (Å²) in [5.41, 5.74) is 0. The minimum atomic E-state index is -0.203. The Labute approximate surface area is 120 Å². The third-order valence-corrected chi connectivity index (χ3v) is 4.56. The third kappa shape index (κ3) is 5.30. The molecule has 0 amide bonds. The van der Waals surface area contributed by atoms with Crippen LogP contribution in [0.4, 0.5) is 0 Å². The van der Waals surface area contributed by atoms with Crippen LogP contribution in [0.25, 0.3) is 0 Å². The van der Waals surface area contributed by atoms with E-state index in [-0.39, 0.29) is 11.9 Å². The molecule has 3 unspecified atom stereocenters. The van der Waals surface area contributed by atoms with Crippen molar-refractivity contribution in [3.8, 4) is 0 Å². The highest BCUT2D eigenvalue weighted by molar-refractivity contribution is 7.99. The number of carbonyl (C=O) groups excluding carboxylic acids is 1. The second-order valence-corrected chi connectivity index (χ2v) is 6.03. The number of esters is 1. The minimum absolute atomic E-state index is 0.175. The first kappa shape index (κ1) is 16.1. The van der Waals surface area contributed by atoms with Gasteiger partial charge in [-0.25, -0.2) is 0 Å². The lowest BCUT2D eigenvalue weighted by molar-refractivity contribution is -0.144. The van der Waals surface area contributed by atoms with Crippen LogP contribution in [0, 0.1) is 5.92 Å². The van der Waals surface area contributed by atoms with Crippen LogP contribution in [-0.4, -0.2) is 50.2 Å². The summed E-state index contributed by atoms with van der Waals surface area (Å²) in [5, 5.41) is 7.35. The van der Waals surface area contributed by atoms with Crippen LogP contribution < -0.4 is 10.6 Å². The van der Waals surface area contributed by atoms with Gasteiger partial charge in [-0.05, 0) is 25.5 Å². The van der Waals surface area contributed by atoms with E-state index in [0.717, 1.165) is 11.2 Å². The van der Waals surface area contributed by atoms with Gasteiger partial charge in [0.15, 0.2) is 5.96 Å². The number of thioether (sulfide) groups is 1. The van der Waals surface area contributed by atoms with Crippen molar-refractivity contribution in [3.63, 3.8) is 0 Å². The molecule has 0 bridgehead atoms. The lowest BCUT2D eigenvalue weighted by atomic mass is 10.2. The summed E-state index contributed by atoms with van der Waals surface area (Å²) in [4.78, 5) is 15.5. The van der Waals surface area contributed by atoms with E-state index >= 15 is 0 Å². The Bertz CT molecular complexity index is 323. The van der Waals surface area contributed by atoms with E-state index in [1.54, 1.807) is 7.05 Å². The number of rotatable bonds is 5. The van der Waals surface area contributed by atoms with Gasteiger partial charge in [-0.15, -0.1) is 0 Å². The third-order valence-electron chi connectivity index (χ3n) is 3.46. The Kier molecular flexibility index (Phi) is 7.05. The van der Waals surface area contributed by atoms with Crippen molar-refractivity contribution >= 4 is 23.7 Å². The minimum Gasteiger partial charge on any atom is -0.469 e. The highest BCUT2D eigenvalue weighted by Crippen LogP contribution is 2.27. The van der Waals surface area contributed by atoms with Crippen LogP contribution in [0.15, 0.2) is 4.99 Å². The molecule has 0 aromatic carbocycles. The monoisotopic (exact) mass is 287 g/mol. The number of aliphatic imine (C=N–C) groups is 1. The van der Waals surface area contributed by atoms with Gasteiger partial charge in [0.25, 0.3) is 0 Å². The Balaban J connectivity index is 2.33. The fourth-order valence-electron chi connectivity index (χ4n) is 2.21. The van der Waals surface area contributed by atoms with Gasteiger partial charge in [-0.2, -0.15) is 11.8 Å². The van der Waals surface area contributed by atoms with E-state index in [4.69, 9.17) is 4.74 Å². The molecule has 110 valence electrons. The second kappa shape index (κ2) is 8.30. The topological polar surface area (TPSA) is 62.7 Å². The average Bonchev–Trinajstić information content (AvgIpc) is 2.89. The number of hydrogen-bond donors (Lipinski definition) is 2. The van der Waals surface area contributed by atoms with Gasteiger partial charge in [-0.1, -0.05) is 6.92 Å². The largest absolute Gasteiger partial charge is 0.469 e. The molecule has 1 aliphatic rings. The first-order valence-electron chi connectivity index (χ1n) is 6.68. The molecular formula is C13H25N3O2S. The number of ether oxygens (including phenoxy) is 1. The molecule has 2 N–H and O–H groups in total. The average molecular weight is 287 g/mol. The summed E-state index contributed by atoms with van der Waals surface area (Å²) in [6.07, 6.45) is 5.78. The normalized spacial score (nSPS) is 24.9. The molecule has 5 nitrogen and oxygen atoms in total. The number of nitrogens with one attached hydrogen (secondary N) is 2. The number of hydrogen-bond acceptors (Lipinski definition) is 4.